The van der Waals surface area contributed by atoms with Gasteiger partial charge in [0.25, 0.3) is 0 Å². The molecule has 2 aliphatic heterocycles. The number of likely N-dealkylation sites (tertiary alicyclic amines) is 1. The molecule has 6 heteroatoms. The largest absolute Gasteiger partial charge is 0.418 e. The molecule has 2 fully saturated rings. The molecule has 2 aliphatic rings. The Balaban J connectivity index is 1.61. The van der Waals surface area contributed by atoms with Gasteiger partial charge < -0.3 is 9.80 Å². The molecule has 2 aromatic rings. The molecule has 1 spiro atoms. The van der Waals surface area contributed by atoms with E-state index in [2.05, 4.69) is 21.7 Å². The summed E-state index contributed by atoms with van der Waals surface area (Å²) < 4.78 is 39.9. The molecule has 0 atom stereocenters. The van der Waals surface area contributed by atoms with E-state index in [0.717, 1.165) is 50.8 Å². The summed E-state index contributed by atoms with van der Waals surface area (Å²) >= 11 is 0. The van der Waals surface area contributed by atoms with Gasteiger partial charge in [-0.3, -0.25) is 4.98 Å². The van der Waals surface area contributed by atoms with Crippen molar-refractivity contribution >= 4 is 16.6 Å². The zero-order valence-electron chi connectivity index (χ0n) is 15.0. The Morgan fingerprint density at radius 2 is 1.81 bits per heavy atom. The molecule has 2 saturated heterocycles. The van der Waals surface area contributed by atoms with Crippen LogP contribution in [0.15, 0.2) is 30.5 Å². The summed E-state index contributed by atoms with van der Waals surface area (Å²) in [4.78, 5) is 8.79. The molecule has 1 aromatic carbocycles. The van der Waals surface area contributed by atoms with Gasteiger partial charge in [0.2, 0.25) is 0 Å². The summed E-state index contributed by atoms with van der Waals surface area (Å²) in [6.07, 6.45) is 0.568. The highest BCUT2D eigenvalue weighted by Crippen LogP contribution is 2.43. The van der Waals surface area contributed by atoms with Gasteiger partial charge in [-0.25, -0.2) is 0 Å². The summed E-state index contributed by atoms with van der Waals surface area (Å²) in [5.41, 5.74) is 0.670. The fraction of sp³-hybridized carbons (Fsp3) is 0.550. The molecular formula is C20H24F3N3. The minimum atomic E-state index is -4.38. The van der Waals surface area contributed by atoms with Crippen molar-refractivity contribution in [1.82, 2.24) is 9.88 Å². The number of piperidine rings is 1. The Hall–Kier alpha value is -1.82. The highest BCUT2D eigenvalue weighted by Gasteiger charge is 2.40. The molecule has 0 N–H and O–H groups in total. The molecule has 0 saturated carbocycles. The number of aromatic nitrogens is 1. The monoisotopic (exact) mass is 363 g/mol. The van der Waals surface area contributed by atoms with Gasteiger partial charge in [-0.2, -0.15) is 13.2 Å². The molecule has 0 unspecified atom stereocenters. The molecule has 0 radical (unpaired) electrons. The molecule has 0 bridgehead atoms. The number of hydrogen-bond donors (Lipinski definition) is 0. The number of rotatable bonds is 2. The number of anilines is 1. The van der Waals surface area contributed by atoms with Crippen LogP contribution in [0.25, 0.3) is 10.9 Å². The molecule has 3 nitrogen and oxygen atoms in total. The van der Waals surface area contributed by atoms with E-state index in [4.69, 9.17) is 0 Å². The van der Waals surface area contributed by atoms with Gasteiger partial charge in [-0.15, -0.1) is 0 Å². The Labute approximate surface area is 151 Å². The number of alkyl halides is 3. The number of benzene rings is 1. The number of nitrogens with zero attached hydrogens (tertiary/aromatic N) is 3. The van der Waals surface area contributed by atoms with E-state index in [0.29, 0.717) is 10.8 Å². The Morgan fingerprint density at radius 3 is 2.46 bits per heavy atom. The van der Waals surface area contributed by atoms with Crippen molar-refractivity contribution in [3.8, 4) is 0 Å². The lowest BCUT2D eigenvalue weighted by Crippen LogP contribution is -2.41. The molecular weight excluding hydrogens is 339 g/mol. The van der Waals surface area contributed by atoms with E-state index < -0.39 is 11.7 Å². The lowest BCUT2D eigenvalue weighted by Gasteiger charge is -2.40. The third-order valence-corrected chi connectivity index (χ3v) is 6.18. The first-order chi connectivity index (χ1) is 12.4. The lowest BCUT2D eigenvalue weighted by molar-refractivity contribution is -0.136. The predicted octanol–water partition coefficient (Wildman–Crippen LogP) is 4.57. The zero-order chi connectivity index (χ0) is 18.4. The predicted molar refractivity (Wildman–Crippen MR) is 97.4 cm³/mol. The van der Waals surface area contributed by atoms with E-state index in [9.17, 15) is 13.2 Å². The van der Waals surface area contributed by atoms with E-state index in [1.54, 1.807) is 6.07 Å². The second-order valence-electron chi connectivity index (χ2n) is 7.64. The van der Waals surface area contributed by atoms with Gasteiger partial charge in [-0.1, -0.05) is 19.1 Å². The minimum absolute atomic E-state index is 0.0517. The second kappa shape index (κ2) is 6.41. The summed E-state index contributed by atoms with van der Waals surface area (Å²) in [5, 5.41) is 0.597. The molecule has 1 aromatic heterocycles. The van der Waals surface area contributed by atoms with Gasteiger partial charge in [-0.05, 0) is 49.9 Å². The zero-order valence-corrected chi connectivity index (χ0v) is 15.0. The van der Waals surface area contributed by atoms with Crippen molar-refractivity contribution < 1.29 is 13.2 Å². The number of halogens is 3. The fourth-order valence-corrected chi connectivity index (χ4v) is 4.59. The van der Waals surface area contributed by atoms with E-state index in [1.165, 1.54) is 25.2 Å². The van der Waals surface area contributed by atoms with Gasteiger partial charge in [0.1, 0.15) is 0 Å². The van der Waals surface area contributed by atoms with Crippen molar-refractivity contribution in [1.29, 1.82) is 0 Å². The Bertz CT molecular complexity index is 794. The van der Waals surface area contributed by atoms with E-state index in [-0.39, 0.29) is 5.52 Å². The molecule has 140 valence electrons. The van der Waals surface area contributed by atoms with E-state index >= 15 is 0 Å². The standard InChI is InChI=1S/C20H24F3N3/c1-2-25-11-7-19(14-25)8-12-26(13-9-19)17-6-10-24-18-15(17)4-3-5-16(18)20(21,22)23/h3-6,10H,2,7-9,11-14H2,1H3. The van der Waals surface area contributed by atoms with Crippen molar-refractivity contribution in [3.63, 3.8) is 0 Å². The van der Waals surface area contributed by atoms with Crippen molar-refractivity contribution in [3.05, 3.63) is 36.0 Å². The lowest BCUT2D eigenvalue weighted by atomic mass is 9.77. The van der Waals surface area contributed by atoms with Crippen LogP contribution in [0.5, 0.6) is 0 Å². The number of hydrogen-bond acceptors (Lipinski definition) is 3. The number of pyridine rings is 1. The summed E-state index contributed by atoms with van der Waals surface area (Å²) in [5.74, 6) is 0. The second-order valence-corrected chi connectivity index (χ2v) is 7.64. The molecule has 0 aliphatic carbocycles. The molecule has 3 heterocycles. The quantitative estimate of drug-likeness (QED) is 0.779. The number of fused-ring (bicyclic) bond motifs is 1. The third kappa shape index (κ3) is 3.04. The number of para-hydroxylation sites is 1. The highest BCUT2D eigenvalue weighted by molar-refractivity contribution is 5.93. The average molecular weight is 363 g/mol. The third-order valence-electron chi connectivity index (χ3n) is 6.18. The SMILES string of the molecule is CCN1CCC2(CCN(c3ccnc4c(C(F)(F)F)cccc34)CC2)C1. The van der Waals surface area contributed by atoms with Crippen molar-refractivity contribution in [2.45, 2.75) is 32.4 Å². The van der Waals surface area contributed by atoms with Crippen molar-refractivity contribution in [2.75, 3.05) is 37.6 Å². The van der Waals surface area contributed by atoms with Gasteiger partial charge >= 0.3 is 6.18 Å². The summed E-state index contributed by atoms with van der Waals surface area (Å²) in [7, 11) is 0. The van der Waals surface area contributed by atoms with Crippen LogP contribution in [0.3, 0.4) is 0 Å². The smallest absolute Gasteiger partial charge is 0.371 e. The topological polar surface area (TPSA) is 19.4 Å². The first-order valence-corrected chi connectivity index (χ1v) is 9.34. The van der Waals surface area contributed by atoms with Gasteiger partial charge in [0.15, 0.2) is 0 Å². The van der Waals surface area contributed by atoms with Crippen LogP contribution in [0.2, 0.25) is 0 Å². The normalized spacial score (nSPS) is 21.0. The van der Waals surface area contributed by atoms with Crippen LogP contribution in [0.4, 0.5) is 18.9 Å². The maximum absolute atomic E-state index is 13.3. The van der Waals surface area contributed by atoms with E-state index in [1.807, 2.05) is 6.07 Å². The maximum atomic E-state index is 13.3. The van der Waals surface area contributed by atoms with Crippen LogP contribution in [0, 0.1) is 5.41 Å². The van der Waals surface area contributed by atoms with Crippen LogP contribution < -0.4 is 4.90 Å². The molecule has 4 rings (SSSR count). The van der Waals surface area contributed by atoms with Crippen LogP contribution in [-0.2, 0) is 6.18 Å². The summed E-state index contributed by atoms with van der Waals surface area (Å²) in [6.45, 7) is 7.42. The first kappa shape index (κ1) is 17.6. The van der Waals surface area contributed by atoms with Gasteiger partial charge in [0.05, 0.1) is 11.1 Å². The summed E-state index contributed by atoms with van der Waals surface area (Å²) in [6, 6.07) is 6.21. The maximum Gasteiger partial charge on any atom is 0.418 e. The van der Waals surface area contributed by atoms with Crippen LogP contribution >= 0.6 is 0 Å². The average Bonchev–Trinajstić information content (AvgIpc) is 3.03. The first-order valence-electron chi connectivity index (χ1n) is 9.34. The highest BCUT2D eigenvalue weighted by atomic mass is 19.4. The Kier molecular flexibility index (Phi) is 4.34. The van der Waals surface area contributed by atoms with Crippen molar-refractivity contribution in [2.24, 2.45) is 5.41 Å². The van der Waals surface area contributed by atoms with Gasteiger partial charge in [0, 0.05) is 36.9 Å². The van der Waals surface area contributed by atoms with Crippen LogP contribution in [0.1, 0.15) is 31.7 Å². The Morgan fingerprint density at radius 1 is 1.08 bits per heavy atom. The van der Waals surface area contributed by atoms with Crippen LogP contribution in [-0.4, -0.2) is 42.6 Å². The molecule has 26 heavy (non-hydrogen) atoms. The fourth-order valence-electron chi connectivity index (χ4n) is 4.59. The molecule has 0 amide bonds. The minimum Gasteiger partial charge on any atom is -0.371 e.